The van der Waals surface area contributed by atoms with Crippen LogP contribution >= 0.6 is 35.5 Å². The van der Waals surface area contributed by atoms with Crippen LogP contribution in [0.25, 0.3) is 0 Å². The highest BCUT2D eigenvalue weighted by Gasteiger charge is 2.35. The Morgan fingerprint density at radius 2 is 2.04 bits per heavy atom. The molecule has 2 aromatic rings. The van der Waals surface area contributed by atoms with Gasteiger partial charge in [0.2, 0.25) is 5.91 Å². The van der Waals surface area contributed by atoms with Crippen molar-refractivity contribution in [1.29, 1.82) is 0 Å². The molecule has 2 amide bonds. The summed E-state index contributed by atoms with van der Waals surface area (Å²) in [6.45, 7) is 4.14. The van der Waals surface area contributed by atoms with Crippen LogP contribution in [0.5, 0.6) is 0 Å². The number of carbonyl (C=O) groups excluding carboxylic acids is 2. The summed E-state index contributed by atoms with van der Waals surface area (Å²) in [5, 5.41) is 4.86. The molecular formula is C19H24ClN3O2S2. The molecule has 0 bridgehead atoms. The maximum atomic E-state index is 12.6. The molecule has 3 rings (SSSR count). The molecule has 27 heavy (non-hydrogen) atoms. The van der Waals surface area contributed by atoms with E-state index in [2.05, 4.69) is 12.2 Å². The van der Waals surface area contributed by atoms with Crippen LogP contribution in [0.1, 0.15) is 23.7 Å². The average Bonchev–Trinajstić information content (AvgIpc) is 3.30. The zero-order chi connectivity index (χ0) is 18.6. The van der Waals surface area contributed by atoms with Gasteiger partial charge in [-0.3, -0.25) is 9.59 Å². The number of anilines is 1. The second-order valence-corrected chi connectivity index (χ2v) is 9.06. The lowest BCUT2D eigenvalue weighted by Gasteiger charge is -2.22. The number of carbonyl (C=O) groups is 2. The van der Waals surface area contributed by atoms with E-state index in [9.17, 15) is 9.59 Å². The van der Waals surface area contributed by atoms with Crippen molar-refractivity contribution in [2.24, 2.45) is 11.1 Å². The molecule has 0 aliphatic carbocycles. The van der Waals surface area contributed by atoms with E-state index < -0.39 is 0 Å². The summed E-state index contributed by atoms with van der Waals surface area (Å²) in [5.41, 5.74) is 7.17. The van der Waals surface area contributed by atoms with Gasteiger partial charge in [0.05, 0.1) is 9.96 Å². The molecule has 146 valence electrons. The number of nitrogens with zero attached hydrogens (tertiary/aromatic N) is 1. The lowest BCUT2D eigenvalue weighted by molar-refractivity contribution is -0.113. The minimum Gasteiger partial charge on any atom is -0.338 e. The highest BCUT2D eigenvalue weighted by Crippen LogP contribution is 2.29. The van der Waals surface area contributed by atoms with E-state index in [1.807, 2.05) is 22.4 Å². The SMILES string of the molecule is CC1(CN)CCN(C(=O)c2ccc(NC(=O)CSc3cccs3)cc2)C1.Cl. The molecular weight excluding hydrogens is 402 g/mol. The standard InChI is InChI=1S/C19H23N3O2S2.ClH/c1-19(12-20)8-9-22(13-19)18(24)14-4-6-15(7-5-14)21-16(23)11-26-17-3-2-10-25-17;/h2-7,10H,8-9,11-13,20H2,1H3,(H,21,23);1H. The number of nitrogens with one attached hydrogen (secondary N) is 1. The third-order valence-corrected chi connectivity index (χ3v) is 6.73. The number of hydrogen-bond donors (Lipinski definition) is 2. The van der Waals surface area contributed by atoms with Crippen molar-refractivity contribution in [2.75, 3.05) is 30.7 Å². The van der Waals surface area contributed by atoms with Crippen LogP contribution in [0, 0.1) is 5.41 Å². The van der Waals surface area contributed by atoms with Gasteiger partial charge in [-0.05, 0) is 54.1 Å². The van der Waals surface area contributed by atoms with Crippen LogP contribution in [0.4, 0.5) is 5.69 Å². The fourth-order valence-electron chi connectivity index (χ4n) is 2.92. The van der Waals surface area contributed by atoms with Crippen molar-refractivity contribution in [1.82, 2.24) is 4.90 Å². The van der Waals surface area contributed by atoms with Gasteiger partial charge < -0.3 is 16.0 Å². The molecule has 1 atom stereocenters. The molecule has 5 nitrogen and oxygen atoms in total. The Balaban J connectivity index is 0.00000261. The summed E-state index contributed by atoms with van der Waals surface area (Å²) in [6.07, 6.45) is 0.936. The first-order valence-corrected chi connectivity index (χ1v) is 10.4. The van der Waals surface area contributed by atoms with Gasteiger partial charge in [-0.25, -0.2) is 0 Å². The fourth-order valence-corrected chi connectivity index (χ4v) is 4.51. The molecule has 1 fully saturated rings. The number of halogens is 1. The topological polar surface area (TPSA) is 75.4 Å². The Morgan fingerprint density at radius 3 is 2.63 bits per heavy atom. The minimum absolute atomic E-state index is 0. The van der Waals surface area contributed by atoms with Crippen LogP contribution in [0.3, 0.4) is 0 Å². The van der Waals surface area contributed by atoms with E-state index in [4.69, 9.17) is 5.73 Å². The van der Waals surface area contributed by atoms with Gasteiger partial charge in [0, 0.05) is 24.3 Å². The molecule has 8 heteroatoms. The highest BCUT2D eigenvalue weighted by molar-refractivity contribution is 8.01. The van der Waals surface area contributed by atoms with Crippen LogP contribution in [-0.2, 0) is 4.79 Å². The van der Waals surface area contributed by atoms with E-state index in [1.54, 1.807) is 35.6 Å². The van der Waals surface area contributed by atoms with Crippen molar-refractivity contribution >= 4 is 53.0 Å². The lowest BCUT2D eigenvalue weighted by Crippen LogP contribution is -2.34. The summed E-state index contributed by atoms with van der Waals surface area (Å²) in [4.78, 5) is 26.5. The second-order valence-electron chi connectivity index (χ2n) is 6.84. The maximum Gasteiger partial charge on any atom is 0.253 e. The lowest BCUT2D eigenvalue weighted by atomic mass is 9.90. The second kappa shape index (κ2) is 9.59. The number of likely N-dealkylation sites (tertiary alicyclic amines) is 1. The third-order valence-electron chi connectivity index (χ3n) is 4.59. The van der Waals surface area contributed by atoms with Gasteiger partial charge in [0.15, 0.2) is 0 Å². The largest absolute Gasteiger partial charge is 0.338 e. The highest BCUT2D eigenvalue weighted by atomic mass is 35.5. The van der Waals surface area contributed by atoms with E-state index in [-0.39, 0.29) is 29.6 Å². The summed E-state index contributed by atoms with van der Waals surface area (Å²) in [5.74, 6) is 0.334. The number of thiophene rings is 1. The van der Waals surface area contributed by atoms with E-state index >= 15 is 0 Å². The van der Waals surface area contributed by atoms with Crippen LogP contribution in [0.2, 0.25) is 0 Å². The van der Waals surface area contributed by atoms with Crippen molar-refractivity contribution < 1.29 is 9.59 Å². The zero-order valence-electron chi connectivity index (χ0n) is 15.1. The quantitative estimate of drug-likeness (QED) is 0.691. The Morgan fingerprint density at radius 1 is 1.30 bits per heavy atom. The third kappa shape index (κ3) is 5.72. The van der Waals surface area contributed by atoms with Crippen molar-refractivity contribution in [3.8, 4) is 0 Å². The number of benzene rings is 1. The van der Waals surface area contributed by atoms with Crippen LogP contribution in [-0.4, -0.2) is 42.1 Å². The molecule has 0 radical (unpaired) electrons. The monoisotopic (exact) mass is 425 g/mol. The Labute approximate surface area is 174 Å². The fraction of sp³-hybridized carbons (Fsp3) is 0.368. The van der Waals surface area contributed by atoms with Gasteiger partial charge in [-0.15, -0.1) is 35.5 Å². The number of thioether (sulfide) groups is 1. The van der Waals surface area contributed by atoms with E-state index in [0.29, 0.717) is 30.1 Å². The minimum atomic E-state index is -0.0549. The van der Waals surface area contributed by atoms with E-state index in [1.165, 1.54) is 11.8 Å². The van der Waals surface area contributed by atoms with Gasteiger partial charge >= 0.3 is 0 Å². The predicted molar refractivity (Wildman–Crippen MR) is 115 cm³/mol. The van der Waals surface area contributed by atoms with Gasteiger partial charge in [0.25, 0.3) is 5.91 Å². The van der Waals surface area contributed by atoms with Crippen molar-refractivity contribution in [2.45, 2.75) is 17.6 Å². The van der Waals surface area contributed by atoms with Gasteiger partial charge in [-0.2, -0.15) is 0 Å². The molecule has 1 unspecified atom stereocenters. The summed E-state index contributed by atoms with van der Waals surface area (Å²) >= 11 is 3.14. The molecule has 3 N–H and O–H groups in total. The number of nitrogens with two attached hydrogens (primary N) is 1. The molecule has 1 aliphatic heterocycles. The van der Waals surface area contributed by atoms with Crippen LogP contribution < -0.4 is 11.1 Å². The molecule has 1 aromatic heterocycles. The summed E-state index contributed by atoms with van der Waals surface area (Å²) in [7, 11) is 0. The van der Waals surface area contributed by atoms with Crippen LogP contribution in [0.15, 0.2) is 46.0 Å². The Bertz CT molecular complexity index is 768. The van der Waals surface area contributed by atoms with Gasteiger partial charge in [0.1, 0.15) is 0 Å². The molecule has 0 spiro atoms. The number of rotatable bonds is 6. The molecule has 1 saturated heterocycles. The molecule has 1 aliphatic rings. The first kappa shape index (κ1) is 21.8. The van der Waals surface area contributed by atoms with Crippen molar-refractivity contribution in [3.63, 3.8) is 0 Å². The molecule has 1 aromatic carbocycles. The Kier molecular flexibility index (Phi) is 7.73. The number of amides is 2. The van der Waals surface area contributed by atoms with Crippen molar-refractivity contribution in [3.05, 3.63) is 47.3 Å². The predicted octanol–water partition coefficient (Wildman–Crippen LogP) is 3.71. The van der Waals surface area contributed by atoms with E-state index in [0.717, 1.165) is 17.2 Å². The first-order chi connectivity index (χ1) is 12.5. The number of hydrogen-bond acceptors (Lipinski definition) is 5. The summed E-state index contributed by atoms with van der Waals surface area (Å²) < 4.78 is 1.12. The smallest absolute Gasteiger partial charge is 0.253 e. The average molecular weight is 426 g/mol. The maximum absolute atomic E-state index is 12.6. The first-order valence-electron chi connectivity index (χ1n) is 8.55. The zero-order valence-corrected chi connectivity index (χ0v) is 17.6. The van der Waals surface area contributed by atoms with Gasteiger partial charge in [-0.1, -0.05) is 13.0 Å². The Hall–Kier alpha value is -1.54. The summed E-state index contributed by atoms with van der Waals surface area (Å²) in [6, 6.07) is 11.1. The normalized spacial score (nSPS) is 18.8. The molecule has 0 saturated carbocycles. The molecule has 2 heterocycles.